The topological polar surface area (TPSA) is 54.0 Å². The van der Waals surface area contributed by atoms with Crippen molar-refractivity contribution in [1.29, 1.82) is 0 Å². The van der Waals surface area contributed by atoms with Crippen molar-refractivity contribution < 1.29 is 23.7 Å². The van der Waals surface area contributed by atoms with Crippen LogP contribution in [0.2, 0.25) is 5.02 Å². The number of benzene rings is 2. The van der Waals surface area contributed by atoms with Gasteiger partial charge in [0.25, 0.3) is 0 Å². The molecular formula is C18H19ClO5. The molecular weight excluding hydrogens is 332 g/mol. The van der Waals surface area contributed by atoms with E-state index in [-0.39, 0.29) is 25.6 Å². The molecule has 0 bridgehead atoms. The van der Waals surface area contributed by atoms with Crippen molar-refractivity contribution in [2.75, 3.05) is 27.4 Å². The summed E-state index contributed by atoms with van der Waals surface area (Å²) in [6.45, 7) is 0.438. The summed E-state index contributed by atoms with van der Waals surface area (Å²) in [5.74, 6) is 1.58. The van der Waals surface area contributed by atoms with Crippen molar-refractivity contribution in [1.82, 2.24) is 0 Å². The van der Waals surface area contributed by atoms with Crippen molar-refractivity contribution in [2.45, 2.75) is 6.42 Å². The second kappa shape index (κ2) is 9.03. The number of hydrogen-bond acceptors (Lipinski definition) is 5. The Hall–Kier alpha value is -2.40. The zero-order valence-corrected chi connectivity index (χ0v) is 14.3. The lowest BCUT2D eigenvalue weighted by molar-refractivity contribution is -0.143. The van der Waals surface area contributed by atoms with Crippen molar-refractivity contribution in [3.63, 3.8) is 0 Å². The fourth-order valence-corrected chi connectivity index (χ4v) is 2.18. The Morgan fingerprint density at radius 3 is 2.33 bits per heavy atom. The van der Waals surface area contributed by atoms with Gasteiger partial charge in [-0.3, -0.25) is 4.79 Å². The fraction of sp³-hybridized carbons (Fsp3) is 0.278. The lowest BCUT2D eigenvalue weighted by atomic mass is 10.1. The zero-order chi connectivity index (χ0) is 17.4. The first-order chi connectivity index (χ1) is 11.6. The van der Waals surface area contributed by atoms with Gasteiger partial charge in [-0.2, -0.15) is 0 Å². The van der Waals surface area contributed by atoms with Crippen LogP contribution in [-0.4, -0.2) is 33.4 Å². The van der Waals surface area contributed by atoms with Gasteiger partial charge in [-0.05, 0) is 30.3 Å². The van der Waals surface area contributed by atoms with Gasteiger partial charge < -0.3 is 18.9 Å². The van der Waals surface area contributed by atoms with Gasteiger partial charge in [0.2, 0.25) is 0 Å². The molecule has 2 aromatic rings. The van der Waals surface area contributed by atoms with E-state index in [4.69, 9.17) is 30.5 Å². The van der Waals surface area contributed by atoms with E-state index in [1.807, 2.05) is 0 Å². The average molecular weight is 351 g/mol. The van der Waals surface area contributed by atoms with E-state index in [0.717, 1.165) is 5.56 Å². The molecule has 0 aliphatic heterocycles. The van der Waals surface area contributed by atoms with Crippen molar-refractivity contribution in [3.05, 3.63) is 53.1 Å². The fourth-order valence-electron chi connectivity index (χ4n) is 2.05. The largest absolute Gasteiger partial charge is 0.497 e. The first kappa shape index (κ1) is 17.9. The summed E-state index contributed by atoms with van der Waals surface area (Å²) >= 11 is 5.79. The number of carbonyl (C=O) groups is 1. The summed E-state index contributed by atoms with van der Waals surface area (Å²) in [5, 5.41) is 0.641. The molecule has 6 heteroatoms. The molecule has 0 heterocycles. The van der Waals surface area contributed by atoms with Gasteiger partial charge in [-0.15, -0.1) is 0 Å². The Labute approximate surface area is 146 Å². The first-order valence-corrected chi connectivity index (χ1v) is 7.75. The van der Waals surface area contributed by atoms with Crippen LogP contribution in [0.1, 0.15) is 5.56 Å². The predicted octanol–water partition coefficient (Wildman–Crippen LogP) is 3.52. The Bertz CT molecular complexity index is 670. The lowest BCUT2D eigenvalue weighted by Gasteiger charge is -2.11. The van der Waals surface area contributed by atoms with Crippen molar-refractivity contribution in [2.24, 2.45) is 0 Å². The summed E-state index contributed by atoms with van der Waals surface area (Å²) in [6, 6.07) is 12.3. The van der Waals surface area contributed by atoms with Crippen molar-refractivity contribution in [3.8, 4) is 17.2 Å². The van der Waals surface area contributed by atoms with Gasteiger partial charge in [-0.25, -0.2) is 0 Å². The van der Waals surface area contributed by atoms with E-state index in [2.05, 4.69) is 0 Å². The number of carbonyl (C=O) groups excluding carboxylic acids is 1. The highest BCUT2D eigenvalue weighted by Gasteiger charge is 2.11. The number of hydrogen-bond donors (Lipinski definition) is 0. The van der Waals surface area contributed by atoms with Crippen LogP contribution in [-0.2, 0) is 16.0 Å². The SMILES string of the molecule is COc1ccc(CC(=O)OCCOc2ccc(Cl)cc2)c(OC)c1. The maximum absolute atomic E-state index is 11.9. The van der Waals surface area contributed by atoms with E-state index in [0.29, 0.717) is 22.3 Å². The summed E-state index contributed by atoms with van der Waals surface area (Å²) in [7, 11) is 3.12. The Kier molecular flexibility index (Phi) is 6.75. The van der Waals surface area contributed by atoms with Crippen LogP contribution in [0.3, 0.4) is 0 Å². The quantitative estimate of drug-likeness (QED) is 0.538. The van der Waals surface area contributed by atoms with Gasteiger partial charge in [0.05, 0.1) is 20.6 Å². The van der Waals surface area contributed by atoms with Gasteiger partial charge in [0.15, 0.2) is 0 Å². The molecule has 2 rings (SSSR count). The van der Waals surface area contributed by atoms with Crippen LogP contribution in [0.25, 0.3) is 0 Å². The second-order valence-corrected chi connectivity index (χ2v) is 5.31. The Morgan fingerprint density at radius 1 is 0.958 bits per heavy atom. The highest BCUT2D eigenvalue weighted by Crippen LogP contribution is 2.25. The Balaban J connectivity index is 1.78. The molecule has 0 aromatic heterocycles. The minimum atomic E-state index is -0.349. The summed E-state index contributed by atoms with van der Waals surface area (Å²) in [5.41, 5.74) is 0.738. The third kappa shape index (κ3) is 5.35. The molecule has 0 saturated heterocycles. The molecule has 0 spiro atoms. The monoisotopic (exact) mass is 350 g/mol. The number of rotatable bonds is 8. The minimum absolute atomic E-state index is 0.119. The van der Waals surface area contributed by atoms with Crippen LogP contribution in [0.4, 0.5) is 0 Å². The third-order valence-corrected chi connectivity index (χ3v) is 3.51. The molecule has 5 nitrogen and oxygen atoms in total. The molecule has 0 unspecified atom stereocenters. The van der Waals surface area contributed by atoms with E-state index in [1.165, 1.54) is 0 Å². The summed E-state index contributed by atoms with van der Waals surface area (Å²) in [6.07, 6.45) is 0.119. The van der Waals surface area contributed by atoms with Crippen LogP contribution >= 0.6 is 11.6 Å². The van der Waals surface area contributed by atoms with Gasteiger partial charge in [0.1, 0.15) is 30.5 Å². The minimum Gasteiger partial charge on any atom is -0.497 e. The standard InChI is InChI=1S/C18H19ClO5/c1-21-16-6-3-13(17(12-16)22-2)11-18(20)24-10-9-23-15-7-4-14(19)5-8-15/h3-8,12H,9-11H2,1-2H3. The van der Waals surface area contributed by atoms with E-state index in [9.17, 15) is 4.79 Å². The summed E-state index contributed by atoms with van der Waals surface area (Å²) in [4.78, 5) is 11.9. The number of esters is 1. The average Bonchev–Trinajstić information content (AvgIpc) is 2.60. The molecule has 0 atom stereocenters. The van der Waals surface area contributed by atoms with E-state index >= 15 is 0 Å². The van der Waals surface area contributed by atoms with Gasteiger partial charge >= 0.3 is 5.97 Å². The van der Waals surface area contributed by atoms with E-state index in [1.54, 1.807) is 56.7 Å². The van der Waals surface area contributed by atoms with Crippen LogP contribution in [0.5, 0.6) is 17.2 Å². The first-order valence-electron chi connectivity index (χ1n) is 7.37. The second-order valence-electron chi connectivity index (χ2n) is 4.88. The summed E-state index contributed by atoms with van der Waals surface area (Å²) < 4.78 is 21.0. The number of methoxy groups -OCH3 is 2. The molecule has 0 radical (unpaired) electrons. The van der Waals surface area contributed by atoms with Gasteiger partial charge in [0, 0.05) is 16.7 Å². The maximum Gasteiger partial charge on any atom is 0.310 e. The van der Waals surface area contributed by atoms with Crippen LogP contribution in [0, 0.1) is 0 Å². The molecule has 0 amide bonds. The lowest BCUT2D eigenvalue weighted by Crippen LogP contribution is -2.14. The molecule has 0 aliphatic rings. The third-order valence-electron chi connectivity index (χ3n) is 3.26. The molecule has 0 aliphatic carbocycles. The molecule has 0 fully saturated rings. The molecule has 24 heavy (non-hydrogen) atoms. The predicted molar refractivity (Wildman–Crippen MR) is 91.2 cm³/mol. The molecule has 128 valence electrons. The molecule has 2 aromatic carbocycles. The molecule has 0 saturated carbocycles. The van der Waals surface area contributed by atoms with Crippen LogP contribution in [0.15, 0.2) is 42.5 Å². The number of ether oxygens (including phenoxy) is 4. The van der Waals surface area contributed by atoms with E-state index < -0.39 is 0 Å². The highest BCUT2D eigenvalue weighted by atomic mass is 35.5. The van der Waals surface area contributed by atoms with Gasteiger partial charge in [-0.1, -0.05) is 17.7 Å². The normalized spacial score (nSPS) is 10.1. The molecule has 0 N–H and O–H groups in total. The number of halogens is 1. The van der Waals surface area contributed by atoms with Crippen LogP contribution < -0.4 is 14.2 Å². The van der Waals surface area contributed by atoms with Crippen molar-refractivity contribution >= 4 is 17.6 Å². The Morgan fingerprint density at radius 2 is 1.67 bits per heavy atom. The smallest absolute Gasteiger partial charge is 0.310 e. The maximum atomic E-state index is 11.9. The highest BCUT2D eigenvalue weighted by molar-refractivity contribution is 6.30. The zero-order valence-electron chi connectivity index (χ0n) is 13.6.